The lowest BCUT2D eigenvalue weighted by molar-refractivity contribution is -0.121. The van der Waals surface area contributed by atoms with E-state index in [1.54, 1.807) is 13.8 Å². The SMILES string of the molecule is CCN(CC)S(=O)(=O)c1ccc(OC(C)C)c(N[C@H]2CC(=O)N(c3ccccc3F)C2=O)c1. The average Bonchev–Trinajstić information content (AvgIpc) is 3.03. The molecule has 2 aromatic carbocycles. The molecule has 1 aliphatic rings. The Kier molecular flexibility index (Phi) is 7.38. The third kappa shape index (κ3) is 5.01. The number of carbonyl (C=O) groups excluding carboxylic acids is 2. The molecule has 1 atom stereocenters. The molecule has 2 amide bonds. The van der Waals surface area contributed by atoms with Crippen molar-refractivity contribution in [1.29, 1.82) is 0 Å². The highest BCUT2D eigenvalue weighted by atomic mass is 32.2. The molecule has 2 aromatic rings. The van der Waals surface area contributed by atoms with Crippen molar-refractivity contribution in [2.45, 2.75) is 51.2 Å². The minimum atomic E-state index is -3.76. The minimum absolute atomic E-state index is 0.0348. The first-order chi connectivity index (χ1) is 15.6. The van der Waals surface area contributed by atoms with Gasteiger partial charge in [0.1, 0.15) is 17.6 Å². The number of halogens is 1. The highest BCUT2D eigenvalue weighted by molar-refractivity contribution is 7.89. The second-order valence-electron chi connectivity index (χ2n) is 7.83. The van der Waals surface area contributed by atoms with Crippen LogP contribution in [0.1, 0.15) is 34.1 Å². The molecule has 3 rings (SSSR count). The Morgan fingerprint density at radius 1 is 1.15 bits per heavy atom. The number of nitrogens with zero attached hydrogens (tertiary/aromatic N) is 2. The summed E-state index contributed by atoms with van der Waals surface area (Å²) in [5.41, 5.74) is 0.145. The summed E-state index contributed by atoms with van der Waals surface area (Å²) >= 11 is 0. The Morgan fingerprint density at radius 2 is 1.82 bits per heavy atom. The van der Waals surface area contributed by atoms with E-state index in [1.165, 1.54) is 46.8 Å². The number of hydrogen-bond donors (Lipinski definition) is 1. The third-order valence-corrected chi connectivity index (χ3v) is 7.27. The fourth-order valence-electron chi connectivity index (χ4n) is 3.67. The average molecular weight is 478 g/mol. The second kappa shape index (κ2) is 9.88. The molecule has 33 heavy (non-hydrogen) atoms. The van der Waals surface area contributed by atoms with Crippen molar-refractivity contribution in [2.75, 3.05) is 23.3 Å². The fraction of sp³-hybridized carbons (Fsp3) is 0.391. The second-order valence-corrected chi connectivity index (χ2v) is 9.77. The smallest absolute Gasteiger partial charge is 0.256 e. The number of hydrogen-bond acceptors (Lipinski definition) is 6. The maximum Gasteiger partial charge on any atom is 0.256 e. The van der Waals surface area contributed by atoms with Gasteiger partial charge in [-0.1, -0.05) is 26.0 Å². The first-order valence-electron chi connectivity index (χ1n) is 10.8. The van der Waals surface area contributed by atoms with E-state index in [2.05, 4.69) is 5.32 Å². The number of sulfonamides is 1. The number of rotatable bonds is 9. The van der Waals surface area contributed by atoms with Crippen LogP contribution in [-0.2, 0) is 19.6 Å². The van der Waals surface area contributed by atoms with Crippen LogP contribution in [-0.4, -0.2) is 49.8 Å². The van der Waals surface area contributed by atoms with Crippen LogP contribution >= 0.6 is 0 Å². The van der Waals surface area contributed by atoms with E-state index >= 15 is 0 Å². The maximum absolute atomic E-state index is 14.2. The molecule has 1 aliphatic heterocycles. The number of ether oxygens (including phenoxy) is 1. The monoisotopic (exact) mass is 477 g/mol. The predicted molar refractivity (Wildman–Crippen MR) is 123 cm³/mol. The number of para-hydroxylation sites is 1. The fourth-order valence-corrected chi connectivity index (χ4v) is 5.15. The zero-order chi connectivity index (χ0) is 24.3. The molecule has 0 aliphatic carbocycles. The first kappa shape index (κ1) is 24.7. The van der Waals surface area contributed by atoms with E-state index in [0.29, 0.717) is 18.8 Å². The number of carbonyl (C=O) groups is 2. The molecule has 0 aromatic heterocycles. The Hall–Kier alpha value is -2.98. The standard InChI is InChI=1S/C23H28FN3O5S/c1-5-26(6-2)33(30,31)16-11-12-21(32-15(3)4)18(13-16)25-19-14-22(28)27(23(19)29)20-10-8-7-9-17(20)24/h7-13,15,19,25H,5-6,14H2,1-4H3/t19-/m0/s1. The van der Waals surface area contributed by atoms with E-state index in [0.717, 1.165) is 4.90 Å². The lowest BCUT2D eigenvalue weighted by Gasteiger charge is -2.22. The van der Waals surface area contributed by atoms with Gasteiger partial charge in [0, 0.05) is 13.1 Å². The van der Waals surface area contributed by atoms with Crippen molar-refractivity contribution < 1.29 is 27.1 Å². The van der Waals surface area contributed by atoms with E-state index in [9.17, 15) is 22.4 Å². The van der Waals surface area contributed by atoms with Gasteiger partial charge in [-0.2, -0.15) is 4.31 Å². The molecule has 0 spiro atoms. The highest BCUT2D eigenvalue weighted by Gasteiger charge is 2.41. The van der Waals surface area contributed by atoms with E-state index in [4.69, 9.17) is 4.74 Å². The molecule has 1 heterocycles. The van der Waals surface area contributed by atoms with Crippen LogP contribution in [0, 0.1) is 5.82 Å². The Balaban J connectivity index is 1.97. The van der Waals surface area contributed by atoms with E-state index in [-0.39, 0.29) is 28.8 Å². The summed E-state index contributed by atoms with van der Waals surface area (Å²) in [6.45, 7) is 7.73. The van der Waals surface area contributed by atoms with Gasteiger partial charge in [0.05, 0.1) is 28.8 Å². The van der Waals surface area contributed by atoms with Gasteiger partial charge in [0.15, 0.2) is 0 Å². The predicted octanol–water partition coefficient (Wildman–Crippen LogP) is 3.39. The van der Waals surface area contributed by atoms with E-state index in [1.807, 2.05) is 13.8 Å². The quantitative estimate of drug-likeness (QED) is 0.556. The van der Waals surface area contributed by atoms with Gasteiger partial charge in [0.25, 0.3) is 5.91 Å². The molecule has 0 radical (unpaired) electrons. The van der Waals surface area contributed by atoms with Crippen LogP contribution in [0.3, 0.4) is 0 Å². The summed E-state index contributed by atoms with van der Waals surface area (Å²) < 4.78 is 47.3. The largest absolute Gasteiger partial charge is 0.489 e. The molecular formula is C23H28FN3O5S. The normalized spacial score (nSPS) is 16.7. The molecule has 178 valence electrons. The van der Waals surface area contributed by atoms with Crippen LogP contribution < -0.4 is 15.0 Å². The minimum Gasteiger partial charge on any atom is -0.489 e. The van der Waals surface area contributed by atoms with Crippen molar-refractivity contribution in [1.82, 2.24) is 4.31 Å². The molecule has 1 saturated heterocycles. The van der Waals surface area contributed by atoms with Crippen molar-refractivity contribution in [3.05, 3.63) is 48.3 Å². The topological polar surface area (TPSA) is 96.0 Å². The molecule has 10 heteroatoms. The lowest BCUT2D eigenvalue weighted by Crippen LogP contribution is -2.35. The molecule has 0 bridgehead atoms. The van der Waals surface area contributed by atoms with Gasteiger partial charge in [-0.05, 0) is 44.2 Å². The van der Waals surface area contributed by atoms with Crippen LogP contribution in [0.4, 0.5) is 15.8 Å². The lowest BCUT2D eigenvalue weighted by atomic mass is 10.2. The van der Waals surface area contributed by atoms with Crippen molar-refractivity contribution in [3.63, 3.8) is 0 Å². The number of benzene rings is 2. The number of amides is 2. The summed E-state index contributed by atoms with van der Waals surface area (Å²) in [5, 5.41) is 2.96. The van der Waals surface area contributed by atoms with Gasteiger partial charge in [0.2, 0.25) is 15.9 Å². The summed E-state index contributed by atoms with van der Waals surface area (Å²) in [7, 11) is -3.76. The Bertz CT molecular complexity index is 1150. The van der Waals surface area contributed by atoms with Crippen LogP contribution in [0.2, 0.25) is 0 Å². The Morgan fingerprint density at radius 3 is 2.42 bits per heavy atom. The first-order valence-corrected chi connectivity index (χ1v) is 12.2. The van der Waals surface area contributed by atoms with Crippen molar-refractivity contribution in [2.24, 2.45) is 0 Å². The summed E-state index contributed by atoms with van der Waals surface area (Å²) in [5.74, 6) is -1.53. The number of imide groups is 1. The number of anilines is 2. The van der Waals surface area contributed by atoms with Crippen molar-refractivity contribution >= 4 is 33.2 Å². The summed E-state index contributed by atoms with van der Waals surface area (Å²) in [6.07, 6.45) is -0.423. The van der Waals surface area contributed by atoms with Crippen LogP contribution in [0.25, 0.3) is 0 Å². The van der Waals surface area contributed by atoms with Gasteiger partial charge in [-0.15, -0.1) is 0 Å². The third-order valence-electron chi connectivity index (χ3n) is 5.23. The van der Waals surface area contributed by atoms with Gasteiger partial charge >= 0.3 is 0 Å². The van der Waals surface area contributed by atoms with Crippen molar-refractivity contribution in [3.8, 4) is 5.75 Å². The zero-order valence-corrected chi connectivity index (χ0v) is 19.9. The van der Waals surface area contributed by atoms with Gasteiger partial charge < -0.3 is 10.1 Å². The highest BCUT2D eigenvalue weighted by Crippen LogP contribution is 2.33. The Labute approximate surface area is 193 Å². The summed E-state index contributed by atoms with van der Waals surface area (Å²) in [6, 6.07) is 8.91. The molecule has 1 N–H and O–H groups in total. The zero-order valence-electron chi connectivity index (χ0n) is 19.0. The molecular weight excluding hydrogens is 449 g/mol. The van der Waals surface area contributed by atoms with E-state index < -0.39 is 33.7 Å². The molecule has 0 unspecified atom stereocenters. The van der Waals surface area contributed by atoms with Gasteiger partial charge in [-0.3, -0.25) is 9.59 Å². The van der Waals surface area contributed by atoms with Gasteiger partial charge in [-0.25, -0.2) is 17.7 Å². The maximum atomic E-state index is 14.2. The molecule has 0 saturated carbocycles. The number of nitrogens with one attached hydrogen (secondary N) is 1. The molecule has 8 nitrogen and oxygen atoms in total. The molecule has 1 fully saturated rings. The summed E-state index contributed by atoms with van der Waals surface area (Å²) in [4.78, 5) is 26.4. The van der Waals surface area contributed by atoms with Crippen LogP contribution in [0.5, 0.6) is 5.75 Å². The van der Waals surface area contributed by atoms with Crippen LogP contribution in [0.15, 0.2) is 47.4 Å².